The van der Waals surface area contributed by atoms with Crippen molar-refractivity contribution >= 4 is 28.9 Å². The molecule has 0 radical (unpaired) electrons. The molecule has 1 rings (SSSR count). The molecule has 0 bridgehead atoms. The summed E-state index contributed by atoms with van der Waals surface area (Å²) in [7, 11) is 0. The van der Waals surface area contributed by atoms with Crippen LogP contribution in [0.25, 0.3) is 0 Å². The quantitative estimate of drug-likeness (QED) is 0.271. The van der Waals surface area contributed by atoms with Crippen LogP contribution in [0.2, 0.25) is 0 Å². The van der Waals surface area contributed by atoms with Crippen LogP contribution in [0.15, 0.2) is 28.7 Å². The minimum absolute atomic E-state index is 0.157. The van der Waals surface area contributed by atoms with Gasteiger partial charge in [0.05, 0.1) is 13.2 Å². The lowest BCUT2D eigenvalue weighted by atomic mass is 10.3. The monoisotopic (exact) mass is 328 g/mol. The van der Waals surface area contributed by atoms with Crippen molar-refractivity contribution in [3.05, 3.63) is 23.7 Å². The summed E-state index contributed by atoms with van der Waals surface area (Å²) in [5.74, 6) is -1.08. The number of nitrogens with two attached hydrogens (primary N) is 1. The zero-order valence-electron chi connectivity index (χ0n) is 12.7. The maximum atomic E-state index is 11.8. The molecule has 0 saturated carbocycles. The number of esters is 2. The minimum atomic E-state index is -0.756. The van der Waals surface area contributed by atoms with E-state index in [0.29, 0.717) is 11.0 Å². The van der Waals surface area contributed by atoms with Crippen LogP contribution >= 0.6 is 11.8 Å². The lowest BCUT2D eigenvalue weighted by molar-refractivity contribution is -0.146. The predicted octanol–water partition coefficient (Wildman–Crippen LogP) is 0.0345. The lowest BCUT2D eigenvalue weighted by Crippen LogP contribution is -2.36. The van der Waals surface area contributed by atoms with Gasteiger partial charge in [-0.1, -0.05) is 11.8 Å². The van der Waals surface area contributed by atoms with E-state index in [1.807, 2.05) is 6.26 Å². The highest BCUT2D eigenvalue weighted by Crippen LogP contribution is 2.07. The van der Waals surface area contributed by atoms with Crippen molar-refractivity contribution in [1.82, 2.24) is 10.6 Å². The number of rotatable bonds is 6. The molecule has 1 unspecified atom stereocenters. The molecule has 1 atom stereocenters. The first-order chi connectivity index (χ1) is 10.5. The first-order valence-corrected chi connectivity index (χ1v) is 7.90. The fraction of sp³-hybridized carbons (Fsp3) is 0.462. The molecule has 1 aliphatic heterocycles. The Morgan fingerprint density at radius 1 is 1.41 bits per heavy atom. The molecule has 122 valence electrons. The second-order valence-electron chi connectivity index (χ2n) is 4.00. The molecule has 1 heterocycles. The maximum absolute atomic E-state index is 11.8. The Kier molecular flexibility index (Phi) is 7.30. The zero-order valence-corrected chi connectivity index (χ0v) is 13.5. The summed E-state index contributed by atoms with van der Waals surface area (Å²) in [4.78, 5) is 27.9. The first-order valence-electron chi connectivity index (χ1n) is 6.68. The van der Waals surface area contributed by atoms with Crippen molar-refractivity contribution in [3.8, 4) is 0 Å². The number of hydrogen-bond donors (Lipinski definition) is 3. The molecule has 1 aliphatic rings. The Bertz CT molecular complexity index is 496. The molecule has 0 aromatic rings. The van der Waals surface area contributed by atoms with Gasteiger partial charge >= 0.3 is 11.9 Å². The van der Waals surface area contributed by atoms with Gasteiger partial charge < -0.3 is 25.8 Å². The summed E-state index contributed by atoms with van der Waals surface area (Å²) < 4.78 is 9.67. The third kappa shape index (κ3) is 5.32. The summed E-state index contributed by atoms with van der Waals surface area (Å²) in [6.45, 7) is 3.62. The number of ether oxygens (including phenoxy) is 2. The van der Waals surface area contributed by atoms with Crippen LogP contribution in [0, 0.1) is 0 Å². The van der Waals surface area contributed by atoms with E-state index in [1.165, 1.54) is 18.0 Å². The zero-order chi connectivity index (χ0) is 16.5. The Labute approximate surface area is 133 Å². The standard InChI is InChI=1S/C13H20N4O4S/c1-4-20-11(18)8(12(19)21-5-2)7-15-10-6-9(14)16-13(17-10)22-3/h6-7,10,15H,4-5,14H2,1-3H3,(H,16,17). The molecular formula is C13H20N4O4S. The van der Waals surface area contributed by atoms with Gasteiger partial charge in [-0.05, 0) is 20.1 Å². The summed E-state index contributed by atoms with van der Waals surface area (Å²) in [6.07, 6.45) is 4.20. The largest absolute Gasteiger partial charge is 0.462 e. The van der Waals surface area contributed by atoms with E-state index in [-0.39, 0.29) is 18.8 Å². The fourth-order valence-electron chi connectivity index (χ4n) is 1.51. The molecule has 0 spiro atoms. The highest BCUT2D eigenvalue weighted by atomic mass is 32.2. The number of aliphatic imine (C=N–C) groups is 1. The van der Waals surface area contributed by atoms with Crippen LogP contribution < -0.4 is 16.4 Å². The van der Waals surface area contributed by atoms with E-state index in [1.54, 1.807) is 19.9 Å². The molecule has 0 amide bonds. The van der Waals surface area contributed by atoms with Crippen LogP contribution in [0.1, 0.15) is 13.8 Å². The van der Waals surface area contributed by atoms with Crippen molar-refractivity contribution in [2.45, 2.75) is 20.0 Å². The minimum Gasteiger partial charge on any atom is -0.462 e. The topological polar surface area (TPSA) is 115 Å². The van der Waals surface area contributed by atoms with Crippen molar-refractivity contribution in [2.75, 3.05) is 19.5 Å². The Balaban J connectivity index is 2.88. The van der Waals surface area contributed by atoms with Gasteiger partial charge in [0, 0.05) is 12.3 Å². The van der Waals surface area contributed by atoms with Gasteiger partial charge in [0.15, 0.2) is 10.7 Å². The SMILES string of the molecule is CCOC(=O)C(=CNC1C=C(N)NC(SC)=N1)C(=O)OCC. The maximum Gasteiger partial charge on any atom is 0.347 e. The smallest absolute Gasteiger partial charge is 0.347 e. The van der Waals surface area contributed by atoms with Crippen LogP contribution in [-0.4, -0.2) is 42.7 Å². The number of carbonyl (C=O) groups excluding carboxylic acids is 2. The second kappa shape index (κ2) is 8.98. The fourth-order valence-corrected chi connectivity index (χ4v) is 1.95. The predicted molar refractivity (Wildman–Crippen MR) is 84.6 cm³/mol. The summed E-state index contributed by atoms with van der Waals surface area (Å²) >= 11 is 1.39. The van der Waals surface area contributed by atoms with Crippen LogP contribution in [-0.2, 0) is 19.1 Å². The van der Waals surface area contributed by atoms with Crippen molar-refractivity contribution in [3.63, 3.8) is 0 Å². The van der Waals surface area contributed by atoms with Crippen LogP contribution in [0.3, 0.4) is 0 Å². The van der Waals surface area contributed by atoms with Crippen LogP contribution in [0.5, 0.6) is 0 Å². The molecule has 9 heteroatoms. The highest BCUT2D eigenvalue weighted by molar-refractivity contribution is 8.13. The summed E-state index contributed by atoms with van der Waals surface area (Å²) in [6, 6.07) is 0. The lowest BCUT2D eigenvalue weighted by Gasteiger charge is -2.19. The average Bonchev–Trinajstić information content (AvgIpc) is 2.47. The third-order valence-electron chi connectivity index (χ3n) is 2.43. The van der Waals surface area contributed by atoms with Crippen LogP contribution in [0.4, 0.5) is 0 Å². The number of nitrogens with one attached hydrogen (secondary N) is 2. The third-order valence-corrected chi connectivity index (χ3v) is 3.02. The number of thioether (sulfide) groups is 1. The van der Waals surface area contributed by atoms with E-state index in [9.17, 15) is 9.59 Å². The van der Waals surface area contributed by atoms with E-state index >= 15 is 0 Å². The van der Waals surface area contributed by atoms with Gasteiger partial charge in [-0.2, -0.15) is 0 Å². The highest BCUT2D eigenvalue weighted by Gasteiger charge is 2.22. The molecule has 4 N–H and O–H groups in total. The van der Waals surface area contributed by atoms with Crippen molar-refractivity contribution < 1.29 is 19.1 Å². The van der Waals surface area contributed by atoms with Gasteiger partial charge in [-0.3, -0.25) is 0 Å². The molecule has 0 aromatic carbocycles. The molecule has 0 aliphatic carbocycles. The Hall–Kier alpha value is -2.16. The van der Waals surface area contributed by atoms with E-state index < -0.39 is 18.1 Å². The van der Waals surface area contributed by atoms with Gasteiger partial charge in [0.25, 0.3) is 0 Å². The molecule has 0 saturated heterocycles. The van der Waals surface area contributed by atoms with Crippen molar-refractivity contribution in [1.29, 1.82) is 0 Å². The first kappa shape index (κ1) is 17.9. The van der Waals surface area contributed by atoms with Gasteiger partial charge in [0.2, 0.25) is 0 Å². The van der Waals surface area contributed by atoms with Gasteiger partial charge in [-0.25, -0.2) is 14.6 Å². The number of carbonyl (C=O) groups is 2. The number of hydrogen-bond acceptors (Lipinski definition) is 9. The Morgan fingerprint density at radius 3 is 2.50 bits per heavy atom. The second-order valence-corrected chi connectivity index (χ2v) is 4.79. The molecule has 0 aromatic heterocycles. The number of amidine groups is 1. The average molecular weight is 328 g/mol. The van der Waals surface area contributed by atoms with E-state index in [0.717, 1.165) is 0 Å². The molecular weight excluding hydrogens is 308 g/mol. The molecule has 8 nitrogen and oxygen atoms in total. The van der Waals surface area contributed by atoms with Crippen molar-refractivity contribution in [2.24, 2.45) is 10.7 Å². The van der Waals surface area contributed by atoms with Gasteiger partial charge in [0.1, 0.15) is 12.0 Å². The van der Waals surface area contributed by atoms with E-state index in [4.69, 9.17) is 15.2 Å². The molecule has 0 fully saturated rings. The number of nitrogens with zero attached hydrogens (tertiary/aromatic N) is 1. The van der Waals surface area contributed by atoms with E-state index in [2.05, 4.69) is 15.6 Å². The summed E-state index contributed by atoms with van der Waals surface area (Å²) in [5.41, 5.74) is 5.50. The Morgan fingerprint density at radius 2 is 2.00 bits per heavy atom. The normalized spacial score (nSPS) is 16.6. The molecule has 22 heavy (non-hydrogen) atoms. The van der Waals surface area contributed by atoms with Gasteiger partial charge in [-0.15, -0.1) is 0 Å². The summed E-state index contributed by atoms with van der Waals surface area (Å²) in [5, 5.41) is 6.34.